The van der Waals surface area contributed by atoms with Gasteiger partial charge >= 0.3 is 0 Å². The lowest BCUT2D eigenvalue weighted by Crippen LogP contribution is -2.52. The predicted molar refractivity (Wildman–Crippen MR) is 126 cm³/mol. The van der Waals surface area contributed by atoms with Crippen LogP contribution in [0.3, 0.4) is 0 Å². The zero-order chi connectivity index (χ0) is 22.2. The summed E-state index contributed by atoms with van der Waals surface area (Å²) in [6.07, 6.45) is 6.27. The third kappa shape index (κ3) is 4.30. The molecule has 9 heteroatoms. The Bertz CT molecular complexity index is 1220. The monoisotopic (exact) mass is 469 g/mol. The van der Waals surface area contributed by atoms with Crippen LogP contribution in [0.15, 0.2) is 36.4 Å². The molecule has 166 valence electrons. The third-order valence-electron chi connectivity index (χ3n) is 6.01. The van der Waals surface area contributed by atoms with Gasteiger partial charge in [-0.15, -0.1) is 11.3 Å². The van der Waals surface area contributed by atoms with Crippen LogP contribution in [0.25, 0.3) is 10.9 Å². The molecule has 2 aliphatic rings. The van der Waals surface area contributed by atoms with Crippen molar-refractivity contribution in [3.8, 4) is 0 Å². The summed E-state index contributed by atoms with van der Waals surface area (Å²) < 4.78 is 0. The van der Waals surface area contributed by atoms with Crippen molar-refractivity contribution < 1.29 is 9.59 Å². The number of aromatic nitrogens is 2. The van der Waals surface area contributed by atoms with Gasteiger partial charge in [-0.1, -0.05) is 23.8 Å². The summed E-state index contributed by atoms with van der Waals surface area (Å²) in [6, 6.07) is 6.85. The van der Waals surface area contributed by atoms with E-state index in [1.54, 1.807) is 12.1 Å². The molecule has 0 spiro atoms. The van der Waals surface area contributed by atoms with Crippen LogP contribution < -0.4 is 10.6 Å². The molecular formula is C23H24ClN5O2S. The maximum absolute atomic E-state index is 12.9. The quantitative estimate of drug-likeness (QED) is 0.510. The van der Waals surface area contributed by atoms with E-state index in [1.165, 1.54) is 11.3 Å². The average molecular weight is 470 g/mol. The molecule has 2 atom stereocenters. The summed E-state index contributed by atoms with van der Waals surface area (Å²) in [6.45, 7) is 1.79. The van der Waals surface area contributed by atoms with Gasteiger partial charge in [0.1, 0.15) is 5.69 Å². The number of fused-ring (bicyclic) bond motifs is 2. The topological polar surface area (TPSA) is 90.1 Å². The molecule has 32 heavy (non-hydrogen) atoms. The molecule has 3 N–H and O–H groups in total. The number of halogens is 1. The molecule has 1 aromatic carbocycles. The molecule has 1 aliphatic heterocycles. The second kappa shape index (κ2) is 8.69. The number of carbonyl (C=O) groups is 2. The first kappa shape index (κ1) is 21.2. The summed E-state index contributed by atoms with van der Waals surface area (Å²) in [5.74, 6) is -0.378. The van der Waals surface area contributed by atoms with E-state index in [0.29, 0.717) is 28.6 Å². The lowest BCUT2D eigenvalue weighted by molar-refractivity contribution is 0.0878. The fourth-order valence-electron chi connectivity index (χ4n) is 4.26. The van der Waals surface area contributed by atoms with Crippen LogP contribution in [0.5, 0.6) is 0 Å². The maximum Gasteiger partial charge on any atom is 0.280 e. The second-order valence-corrected chi connectivity index (χ2v) is 9.91. The van der Waals surface area contributed by atoms with E-state index in [2.05, 4.69) is 32.5 Å². The standard InChI is InChI=1S/C23H24ClN5O2S/c1-29-9-8-18-20(12-29)32-23(28-18)22(31)27-17-5-3-2-4-16(17)26-21(30)19-11-13-10-14(24)6-7-15(13)25-19/h2-3,6-7,10-11,16-17,25H,4-5,8-9,12H2,1H3,(H,26,30)(H,27,31)/t16-,17+/m0/s1. The van der Waals surface area contributed by atoms with Crippen LogP contribution in [0.2, 0.25) is 5.02 Å². The first-order chi connectivity index (χ1) is 15.5. The minimum absolute atomic E-state index is 0.174. The molecule has 0 bridgehead atoms. The van der Waals surface area contributed by atoms with Crippen LogP contribution in [-0.2, 0) is 13.0 Å². The molecule has 5 rings (SSSR count). The van der Waals surface area contributed by atoms with Gasteiger partial charge in [0.2, 0.25) is 0 Å². The van der Waals surface area contributed by atoms with Crippen molar-refractivity contribution in [3.63, 3.8) is 0 Å². The van der Waals surface area contributed by atoms with Crippen LogP contribution in [-0.4, -0.2) is 52.4 Å². The Hall–Kier alpha value is -2.68. The lowest BCUT2D eigenvalue weighted by Gasteiger charge is -2.29. The van der Waals surface area contributed by atoms with Gasteiger partial charge in [0.15, 0.2) is 5.01 Å². The molecule has 0 saturated heterocycles. The minimum atomic E-state index is -0.204. The Balaban J connectivity index is 1.28. The van der Waals surface area contributed by atoms with E-state index < -0.39 is 0 Å². The molecule has 1 aliphatic carbocycles. The van der Waals surface area contributed by atoms with Crippen molar-refractivity contribution in [2.45, 2.75) is 37.9 Å². The third-order valence-corrected chi connectivity index (χ3v) is 7.33. The Labute approximate surface area is 194 Å². The highest BCUT2D eigenvalue weighted by Crippen LogP contribution is 2.25. The van der Waals surface area contributed by atoms with Crippen LogP contribution in [0.4, 0.5) is 0 Å². The Morgan fingerprint density at radius 1 is 1.16 bits per heavy atom. The van der Waals surface area contributed by atoms with Crippen molar-refractivity contribution in [1.29, 1.82) is 0 Å². The largest absolute Gasteiger partial charge is 0.351 e. The molecule has 2 amide bonds. The fraction of sp³-hybridized carbons (Fsp3) is 0.348. The number of likely N-dealkylation sites (N-methyl/N-ethyl adjacent to an activating group) is 1. The molecule has 0 unspecified atom stereocenters. The van der Waals surface area contributed by atoms with Gasteiger partial charge in [-0.25, -0.2) is 4.98 Å². The van der Waals surface area contributed by atoms with Gasteiger partial charge < -0.3 is 20.5 Å². The molecule has 0 radical (unpaired) electrons. The SMILES string of the molecule is CN1CCc2nc(C(=O)N[C@@H]3CC=CC[C@@H]3NC(=O)c3cc4cc(Cl)ccc4[nH]3)sc2C1. The van der Waals surface area contributed by atoms with Gasteiger partial charge in [0, 0.05) is 40.3 Å². The van der Waals surface area contributed by atoms with Crippen LogP contribution in [0, 0.1) is 0 Å². The summed E-state index contributed by atoms with van der Waals surface area (Å²) in [5.41, 5.74) is 2.36. The molecule has 7 nitrogen and oxygen atoms in total. The van der Waals surface area contributed by atoms with Crippen molar-refractivity contribution >= 4 is 45.7 Å². The summed E-state index contributed by atoms with van der Waals surface area (Å²) in [5, 5.41) is 8.18. The van der Waals surface area contributed by atoms with E-state index >= 15 is 0 Å². The Morgan fingerprint density at radius 3 is 2.69 bits per heavy atom. The zero-order valence-electron chi connectivity index (χ0n) is 17.7. The Kier molecular flexibility index (Phi) is 5.75. The van der Waals surface area contributed by atoms with Crippen molar-refractivity contribution in [2.24, 2.45) is 0 Å². The molecule has 2 aromatic heterocycles. The number of amides is 2. The highest BCUT2D eigenvalue weighted by atomic mass is 35.5. The van der Waals surface area contributed by atoms with Crippen LogP contribution >= 0.6 is 22.9 Å². The molecule has 3 heterocycles. The van der Waals surface area contributed by atoms with E-state index in [0.717, 1.165) is 41.0 Å². The number of rotatable bonds is 4. The van der Waals surface area contributed by atoms with E-state index in [1.807, 2.05) is 24.3 Å². The van der Waals surface area contributed by atoms with Gasteiger partial charge in [0.25, 0.3) is 11.8 Å². The first-order valence-corrected chi connectivity index (χ1v) is 11.9. The number of thiazole rings is 1. The molecular weight excluding hydrogens is 446 g/mol. The number of nitrogens with one attached hydrogen (secondary N) is 3. The van der Waals surface area contributed by atoms with Gasteiger partial charge in [0.05, 0.1) is 17.8 Å². The number of hydrogen-bond acceptors (Lipinski definition) is 5. The normalized spacial score (nSPS) is 20.8. The highest BCUT2D eigenvalue weighted by molar-refractivity contribution is 7.13. The van der Waals surface area contributed by atoms with E-state index in [-0.39, 0.29) is 23.9 Å². The minimum Gasteiger partial charge on any atom is -0.351 e. The zero-order valence-corrected chi connectivity index (χ0v) is 19.2. The number of hydrogen-bond donors (Lipinski definition) is 3. The lowest BCUT2D eigenvalue weighted by atomic mass is 9.95. The summed E-state index contributed by atoms with van der Waals surface area (Å²) in [4.78, 5) is 36.9. The number of nitrogens with zero attached hydrogens (tertiary/aromatic N) is 2. The van der Waals surface area contributed by atoms with Crippen LogP contribution in [0.1, 0.15) is 43.7 Å². The van der Waals surface area contributed by atoms with Gasteiger partial charge in [-0.3, -0.25) is 9.59 Å². The van der Waals surface area contributed by atoms with Crippen molar-refractivity contribution in [2.75, 3.05) is 13.6 Å². The molecule has 0 fully saturated rings. The van der Waals surface area contributed by atoms with E-state index in [4.69, 9.17) is 11.6 Å². The number of aromatic amines is 1. The summed E-state index contributed by atoms with van der Waals surface area (Å²) >= 11 is 7.52. The van der Waals surface area contributed by atoms with Crippen molar-refractivity contribution in [1.82, 2.24) is 25.5 Å². The highest BCUT2D eigenvalue weighted by Gasteiger charge is 2.28. The number of carbonyl (C=O) groups excluding carboxylic acids is 2. The fourth-order valence-corrected chi connectivity index (χ4v) is 5.53. The maximum atomic E-state index is 12.9. The molecule has 0 saturated carbocycles. The molecule has 3 aromatic rings. The second-order valence-electron chi connectivity index (χ2n) is 8.39. The first-order valence-electron chi connectivity index (χ1n) is 10.7. The smallest absolute Gasteiger partial charge is 0.280 e. The Morgan fingerprint density at radius 2 is 1.91 bits per heavy atom. The van der Waals surface area contributed by atoms with Crippen molar-refractivity contribution in [3.05, 3.63) is 62.7 Å². The number of H-pyrrole nitrogens is 1. The van der Waals surface area contributed by atoms with Gasteiger partial charge in [-0.2, -0.15) is 0 Å². The number of benzene rings is 1. The average Bonchev–Trinajstić information content (AvgIpc) is 3.38. The van der Waals surface area contributed by atoms with E-state index in [9.17, 15) is 9.59 Å². The summed E-state index contributed by atoms with van der Waals surface area (Å²) in [7, 11) is 2.08. The van der Waals surface area contributed by atoms with Gasteiger partial charge in [-0.05, 0) is 44.2 Å². The predicted octanol–water partition coefficient (Wildman–Crippen LogP) is 3.51.